The van der Waals surface area contributed by atoms with Crippen LogP contribution in [0.3, 0.4) is 0 Å². The summed E-state index contributed by atoms with van der Waals surface area (Å²) in [6.45, 7) is 3.06. The molecule has 0 radical (unpaired) electrons. The summed E-state index contributed by atoms with van der Waals surface area (Å²) in [6.07, 6.45) is 3.38. The Bertz CT molecular complexity index is 346. The van der Waals surface area contributed by atoms with Crippen LogP contribution >= 0.6 is 0 Å². The Morgan fingerprint density at radius 2 is 2.27 bits per heavy atom. The van der Waals surface area contributed by atoms with E-state index in [2.05, 4.69) is 37.1 Å². The van der Waals surface area contributed by atoms with Gasteiger partial charge in [0.15, 0.2) is 0 Å². The molecule has 1 atom stereocenters. The van der Waals surface area contributed by atoms with Crippen molar-refractivity contribution in [1.82, 2.24) is 0 Å². The van der Waals surface area contributed by atoms with Crippen molar-refractivity contribution in [3.63, 3.8) is 0 Å². The molecular weight excluding hydrogens is 184 g/mol. The molecule has 1 aliphatic rings. The Morgan fingerprint density at radius 1 is 1.47 bits per heavy atom. The van der Waals surface area contributed by atoms with E-state index < -0.39 is 0 Å². The molecule has 0 bridgehead atoms. The minimum atomic E-state index is 0.643. The van der Waals surface area contributed by atoms with E-state index in [0.717, 1.165) is 19.4 Å². The van der Waals surface area contributed by atoms with Gasteiger partial charge in [-0.05, 0) is 49.9 Å². The van der Waals surface area contributed by atoms with E-state index in [-0.39, 0.29) is 0 Å². The van der Waals surface area contributed by atoms with Gasteiger partial charge in [-0.2, -0.15) is 0 Å². The molecule has 15 heavy (non-hydrogen) atoms. The Kier molecular flexibility index (Phi) is 2.96. The van der Waals surface area contributed by atoms with Crippen molar-refractivity contribution < 1.29 is 0 Å². The number of hydrogen-bond donors (Lipinski definition) is 1. The van der Waals surface area contributed by atoms with Crippen LogP contribution < -0.4 is 10.6 Å². The molecule has 1 aromatic carbocycles. The third kappa shape index (κ3) is 2.00. The van der Waals surface area contributed by atoms with Crippen LogP contribution in [0.5, 0.6) is 0 Å². The molecule has 0 saturated heterocycles. The first kappa shape index (κ1) is 10.5. The number of anilines is 1. The summed E-state index contributed by atoms with van der Waals surface area (Å²) >= 11 is 0. The van der Waals surface area contributed by atoms with Gasteiger partial charge in [0.2, 0.25) is 0 Å². The molecule has 0 aromatic heterocycles. The van der Waals surface area contributed by atoms with E-state index >= 15 is 0 Å². The Morgan fingerprint density at radius 3 is 3.00 bits per heavy atom. The maximum Gasteiger partial charge on any atom is 0.0399 e. The van der Waals surface area contributed by atoms with Crippen LogP contribution in [-0.2, 0) is 12.8 Å². The van der Waals surface area contributed by atoms with Gasteiger partial charge in [-0.25, -0.2) is 0 Å². The van der Waals surface area contributed by atoms with Gasteiger partial charge in [0, 0.05) is 18.8 Å². The van der Waals surface area contributed by atoms with Crippen LogP contribution in [0.25, 0.3) is 0 Å². The quantitative estimate of drug-likeness (QED) is 0.815. The first-order valence-corrected chi connectivity index (χ1v) is 5.77. The van der Waals surface area contributed by atoms with Gasteiger partial charge >= 0.3 is 0 Å². The average Bonchev–Trinajstić information content (AvgIpc) is 2.52. The molecule has 2 rings (SSSR count). The van der Waals surface area contributed by atoms with Crippen molar-refractivity contribution in [3.8, 4) is 0 Å². The van der Waals surface area contributed by atoms with Gasteiger partial charge in [-0.3, -0.25) is 0 Å². The van der Waals surface area contributed by atoms with E-state index in [4.69, 9.17) is 5.73 Å². The second-order valence-electron chi connectivity index (χ2n) is 4.52. The number of aryl methyl sites for hydroxylation is 1. The first-order valence-electron chi connectivity index (χ1n) is 5.77. The molecule has 1 aromatic rings. The van der Waals surface area contributed by atoms with Crippen molar-refractivity contribution in [2.75, 3.05) is 18.5 Å². The molecule has 2 nitrogen and oxygen atoms in total. The fraction of sp³-hybridized carbons (Fsp3) is 0.538. The highest BCUT2D eigenvalue weighted by atomic mass is 15.1. The maximum atomic E-state index is 5.53. The van der Waals surface area contributed by atoms with E-state index in [0.29, 0.717) is 6.04 Å². The molecule has 1 heterocycles. The number of benzene rings is 1. The van der Waals surface area contributed by atoms with E-state index in [9.17, 15) is 0 Å². The highest BCUT2D eigenvalue weighted by Crippen LogP contribution is 2.31. The van der Waals surface area contributed by atoms with Gasteiger partial charge in [-0.1, -0.05) is 12.1 Å². The van der Waals surface area contributed by atoms with Crippen LogP contribution in [0.4, 0.5) is 5.69 Å². The van der Waals surface area contributed by atoms with Gasteiger partial charge in [-0.15, -0.1) is 0 Å². The van der Waals surface area contributed by atoms with E-state index in [1.807, 2.05) is 0 Å². The van der Waals surface area contributed by atoms with Crippen LogP contribution in [-0.4, -0.2) is 19.6 Å². The van der Waals surface area contributed by atoms with Gasteiger partial charge in [0.05, 0.1) is 0 Å². The number of nitrogens with two attached hydrogens (primary N) is 1. The predicted octanol–water partition coefficient (Wildman–Crippen LogP) is 1.96. The molecule has 2 N–H and O–H groups in total. The highest BCUT2D eigenvalue weighted by Gasteiger charge is 2.22. The first-order chi connectivity index (χ1) is 7.22. The lowest BCUT2D eigenvalue weighted by molar-refractivity contribution is 0.732. The lowest BCUT2D eigenvalue weighted by Crippen LogP contribution is -2.23. The van der Waals surface area contributed by atoms with Crippen molar-refractivity contribution >= 4 is 5.69 Å². The monoisotopic (exact) mass is 204 g/mol. The zero-order valence-electron chi connectivity index (χ0n) is 9.66. The molecular formula is C13H20N2. The number of fused-ring (bicyclic) bond motifs is 1. The van der Waals surface area contributed by atoms with Gasteiger partial charge in [0.25, 0.3) is 0 Å². The standard InChI is InChI=1S/C13H20N2/c1-10-8-12-9-11(4-3-7-14)5-6-13(12)15(10)2/h5-6,9-10H,3-4,7-8,14H2,1-2H3. The van der Waals surface area contributed by atoms with Crippen LogP contribution in [0, 0.1) is 0 Å². The SMILES string of the molecule is CC1Cc2cc(CCCN)ccc2N1C. The van der Waals surface area contributed by atoms with Crippen molar-refractivity contribution in [2.24, 2.45) is 5.73 Å². The zero-order valence-corrected chi connectivity index (χ0v) is 9.66. The summed E-state index contributed by atoms with van der Waals surface area (Å²) in [5.41, 5.74) is 9.86. The number of likely N-dealkylation sites (N-methyl/N-ethyl adjacent to an activating group) is 1. The van der Waals surface area contributed by atoms with Gasteiger partial charge < -0.3 is 10.6 Å². The fourth-order valence-corrected chi connectivity index (χ4v) is 2.30. The lowest BCUT2D eigenvalue weighted by Gasteiger charge is -2.18. The topological polar surface area (TPSA) is 29.3 Å². The summed E-state index contributed by atoms with van der Waals surface area (Å²) in [6, 6.07) is 7.49. The second kappa shape index (κ2) is 4.23. The number of nitrogens with zero attached hydrogens (tertiary/aromatic N) is 1. The smallest absolute Gasteiger partial charge is 0.0399 e. The minimum Gasteiger partial charge on any atom is -0.371 e. The summed E-state index contributed by atoms with van der Waals surface area (Å²) in [4.78, 5) is 2.36. The minimum absolute atomic E-state index is 0.643. The highest BCUT2D eigenvalue weighted by molar-refractivity contribution is 5.59. The zero-order chi connectivity index (χ0) is 10.8. The molecule has 0 fully saturated rings. The van der Waals surface area contributed by atoms with Crippen molar-refractivity contribution in [3.05, 3.63) is 29.3 Å². The largest absolute Gasteiger partial charge is 0.371 e. The van der Waals surface area contributed by atoms with Crippen LogP contribution in [0.15, 0.2) is 18.2 Å². The number of hydrogen-bond acceptors (Lipinski definition) is 2. The summed E-state index contributed by atoms with van der Waals surface area (Å²) < 4.78 is 0. The lowest BCUT2D eigenvalue weighted by atomic mass is 10.0. The summed E-state index contributed by atoms with van der Waals surface area (Å²) in [5.74, 6) is 0. The average molecular weight is 204 g/mol. The third-order valence-corrected chi connectivity index (χ3v) is 3.37. The van der Waals surface area contributed by atoms with Crippen LogP contribution in [0.2, 0.25) is 0 Å². The predicted molar refractivity (Wildman–Crippen MR) is 65.4 cm³/mol. The van der Waals surface area contributed by atoms with E-state index in [1.165, 1.54) is 23.2 Å². The second-order valence-corrected chi connectivity index (χ2v) is 4.52. The fourth-order valence-electron chi connectivity index (χ4n) is 2.30. The van der Waals surface area contributed by atoms with E-state index in [1.54, 1.807) is 0 Å². The third-order valence-electron chi connectivity index (χ3n) is 3.37. The Labute approximate surface area is 92.1 Å². The molecule has 0 amide bonds. The number of rotatable bonds is 3. The summed E-state index contributed by atoms with van der Waals surface area (Å²) in [5, 5.41) is 0. The molecule has 1 aliphatic heterocycles. The molecule has 0 spiro atoms. The molecule has 1 unspecified atom stereocenters. The molecule has 2 heteroatoms. The van der Waals surface area contributed by atoms with Gasteiger partial charge in [0.1, 0.15) is 0 Å². The Hall–Kier alpha value is -1.02. The molecule has 82 valence electrons. The van der Waals surface area contributed by atoms with Crippen molar-refractivity contribution in [2.45, 2.75) is 32.2 Å². The maximum absolute atomic E-state index is 5.53. The van der Waals surface area contributed by atoms with Crippen molar-refractivity contribution in [1.29, 1.82) is 0 Å². The molecule has 0 aliphatic carbocycles. The Balaban J connectivity index is 2.18. The van der Waals surface area contributed by atoms with Crippen LogP contribution in [0.1, 0.15) is 24.5 Å². The normalized spacial score (nSPS) is 19.4. The summed E-state index contributed by atoms with van der Waals surface area (Å²) in [7, 11) is 2.18. The molecule has 0 saturated carbocycles.